The number of benzene rings is 3. The van der Waals surface area contributed by atoms with Crippen molar-refractivity contribution in [3.63, 3.8) is 0 Å². The van der Waals surface area contributed by atoms with Crippen molar-refractivity contribution in [3.05, 3.63) is 88.4 Å². The van der Waals surface area contributed by atoms with E-state index in [1.165, 1.54) is 0 Å². The van der Waals surface area contributed by atoms with Crippen LogP contribution in [0.4, 0.5) is 0 Å². The molecule has 0 spiro atoms. The summed E-state index contributed by atoms with van der Waals surface area (Å²) in [4.78, 5) is 13.4. The monoisotopic (exact) mass is 448 g/mol. The van der Waals surface area contributed by atoms with Gasteiger partial charge in [0.05, 0.1) is 26.0 Å². The Morgan fingerprint density at radius 3 is 2.53 bits per heavy atom. The molecule has 3 aromatic rings. The number of fused-ring (bicyclic) bond motifs is 3. The lowest BCUT2D eigenvalue weighted by molar-refractivity contribution is -0.00455. The lowest BCUT2D eigenvalue weighted by Gasteiger charge is -2.37. The Morgan fingerprint density at radius 2 is 1.78 bits per heavy atom. The summed E-state index contributed by atoms with van der Waals surface area (Å²) in [7, 11) is 3.21. The van der Waals surface area contributed by atoms with E-state index in [0.717, 1.165) is 16.8 Å². The molecule has 2 aliphatic rings. The van der Waals surface area contributed by atoms with Gasteiger partial charge in [0, 0.05) is 28.1 Å². The standard InChI is InChI=1S/C25H21ClN2O4/c1-30-22-12-9-16(13-23(22)31-2)19-14-20-18-5-3-4-6-21(18)32-25(28(20)27-19)24(29)15-7-10-17(26)11-8-15/h3-13,20,25H,14H2,1-2H3. The van der Waals surface area contributed by atoms with Crippen molar-refractivity contribution in [1.29, 1.82) is 0 Å². The van der Waals surface area contributed by atoms with Gasteiger partial charge < -0.3 is 14.2 Å². The van der Waals surface area contributed by atoms with Gasteiger partial charge >= 0.3 is 0 Å². The molecule has 2 aliphatic heterocycles. The first-order valence-electron chi connectivity index (χ1n) is 10.2. The molecule has 3 aromatic carbocycles. The molecule has 2 unspecified atom stereocenters. The number of halogens is 1. The van der Waals surface area contributed by atoms with Crippen LogP contribution in [0.15, 0.2) is 71.8 Å². The first-order valence-corrected chi connectivity index (χ1v) is 10.6. The zero-order valence-corrected chi connectivity index (χ0v) is 18.4. The molecular weight excluding hydrogens is 428 g/mol. The van der Waals surface area contributed by atoms with Crippen molar-refractivity contribution in [2.75, 3.05) is 14.2 Å². The zero-order valence-electron chi connectivity index (χ0n) is 17.6. The number of Topliss-reactive ketones (excluding diaryl/α,β-unsaturated/α-hetero) is 1. The number of carbonyl (C=O) groups is 1. The van der Waals surface area contributed by atoms with Gasteiger partial charge in [0.2, 0.25) is 5.78 Å². The fourth-order valence-electron chi connectivity index (χ4n) is 4.15. The van der Waals surface area contributed by atoms with Gasteiger partial charge in [-0.2, -0.15) is 5.10 Å². The van der Waals surface area contributed by atoms with Gasteiger partial charge in [-0.05, 0) is 48.5 Å². The number of methoxy groups -OCH3 is 2. The number of rotatable bonds is 5. The summed E-state index contributed by atoms with van der Waals surface area (Å²) in [6, 6.07) is 20.2. The zero-order chi connectivity index (χ0) is 22.2. The Kier molecular flexibility index (Phi) is 5.23. The van der Waals surface area contributed by atoms with Gasteiger partial charge in [0.15, 0.2) is 11.5 Å². The number of ketones is 1. The first-order chi connectivity index (χ1) is 15.6. The van der Waals surface area contributed by atoms with Gasteiger partial charge in [0.1, 0.15) is 5.75 Å². The Morgan fingerprint density at radius 1 is 1.03 bits per heavy atom. The maximum absolute atomic E-state index is 13.4. The van der Waals surface area contributed by atoms with E-state index >= 15 is 0 Å². The molecule has 2 heterocycles. The summed E-state index contributed by atoms with van der Waals surface area (Å²) in [6.45, 7) is 0. The SMILES string of the molecule is COc1ccc(C2=NN3C(C(=O)c4ccc(Cl)cc4)Oc4ccccc4C3C2)cc1OC. The summed E-state index contributed by atoms with van der Waals surface area (Å²) >= 11 is 6.00. The minimum Gasteiger partial charge on any atom is -0.493 e. The van der Waals surface area contributed by atoms with Crippen LogP contribution in [0.1, 0.15) is 33.9 Å². The van der Waals surface area contributed by atoms with E-state index in [1.807, 2.05) is 42.5 Å². The van der Waals surface area contributed by atoms with Crippen LogP contribution in [0, 0.1) is 0 Å². The quantitative estimate of drug-likeness (QED) is 0.507. The number of carbonyl (C=O) groups excluding carboxylic acids is 1. The molecule has 7 heteroatoms. The van der Waals surface area contributed by atoms with Crippen molar-refractivity contribution < 1.29 is 19.0 Å². The molecule has 0 saturated carbocycles. The van der Waals surface area contributed by atoms with Crippen LogP contribution >= 0.6 is 11.6 Å². The van der Waals surface area contributed by atoms with Crippen molar-refractivity contribution in [3.8, 4) is 17.2 Å². The van der Waals surface area contributed by atoms with Crippen LogP contribution in [0.5, 0.6) is 17.2 Å². The first kappa shape index (κ1) is 20.4. The van der Waals surface area contributed by atoms with Crippen LogP contribution in [0.25, 0.3) is 0 Å². The van der Waals surface area contributed by atoms with E-state index in [4.69, 9.17) is 30.9 Å². The fourth-order valence-corrected chi connectivity index (χ4v) is 4.28. The summed E-state index contributed by atoms with van der Waals surface area (Å²) in [5, 5.41) is 7.18. The largest absolute Gasteiger partial charge is 0.493 e. The normalized spacial score (nSPS) is 18.8. The van der Waals surface area contributed by atoms with Gasteiger partial charge in [-0.15, -0.1) is 0 Å². The van der Waals surface area contributed by atoms with E-state index in [-0.39, 0.29) is 11.8 Å². The maximum atomic E-state index is 13.4. The minimum absolute atomic E-state index is 0.107. The van der Waals surface area contributed by atoms with Gasteiger partial charge in [-0.1, -0.05) is 29.8 Å². The number of hydrogen-bond donors (Lipinski definition) is 0. The van der Waals surface area contributed by atoms with Crippen LogP contribution in [0.2, 0.25) is 5.02 Å². The highest BCUT2D eigenvalue weighted by atomic mass is 35.5. The molecule has 0 bridgehead atoms. The number of para-hydroxylation sites is 1. The highest BCUT2D eigenvalue weighted by Crippen LogP contribution is 2.44. The third-order valence-electron chi connectivity index (χ3n) is 5.77. The summed E-state index contributed by atoms with van der Waals surface area (Å²) in [5.41, 5.74) is 3.29. The van der Waals surface area contributed by atoms with Crippen LogP contribution in [0.3, 0.4) is 0 Å². The maximum Gasteiger partial charge on any atom is 0.251 e. The molecule has 0 fully saturated rings. The van der Waals surface area contributed by atoms with Crippen LogP contribution < -0.4 is 14.2 Å². The Hall–Kier alpha value is -3.51. The fraction of sp³-hybridized carbons (Fsp3) is 0.200. The lowest BCUT2D eigenvalue weighted by atomic mass is 9.95. The van der Waals surface area contributed by atoms with Crippen molar-refractivity contribution in [2.24, 2.45) is 5.10 Å². The molecule has 6 nitrogen and oxygen atoms in total. The average Bonchev–Trinajstić information content (AvgIpc) is 3.29. The van der Waals surface area contributed by atoms with E-state index in [9.17, 15) is 4.79 Å². The van der Waals surface area contributed by atoms with Crippen molar-refractivity contribution >= 4 is 23.1 Å². The van der Waals surface area contributed by atoms with Crippen molar-refractivity contribution in [1.82, 2.24) is 5.01 Å². The molecule has 2 atom stereocenters. The number of nitrogens with zero attached hydrogens (tertiary/aromatic N) is 2. The minimum atomic E-state index is -0.867. The second kappa shape index (κ2) is 8.20. The predicted molar refractivity (Wildman–Crippen MR) is 122 cm³/mol. The third-order valence-corrected chi connectivity index (χ3v) is 6.02. The van der Waals surface area contributed by atoms with Crippen LogP contribution in [-0.2, 0) is 0 Å². The van der Waals surface area contributed by atoms with E-state index < -0.39 is 6.23 Å². The van der Waals surface area contributed by atoms with Gasteiger partial charge in [-0.3, -0.25) is 4.79 Å². The predicted octanol–water partition coefficient (Wildman–Crippen LogP) is 5.11. The van der Waals surface area contributed by atoms with E-state index in [1.54, 1.807) is 43.5 Å². The second-order valence-electron chi connectivity index (χ2n) is 7.60. The number of ether oxygens (including phenoxy) is 3. The molecule has 32 heavy (non-hydrogen) atoms. The highest BCUT2D eigenvalue weighted by Gasteiger charge is 2.43. The Bertz CT molecular complexity index is 1210. The number of hydrazone groups is 1. The average molecular weight is 449 g/mol. The molecule has 0 N–H and O–H groups in total. The second-order valence-corrected chi connectivity index (χ2v) is 8.03. The highest BCUT2D eigenvalue weighted by molar-refractivity contribution is 6.30. The number of hydrogen-bond acceptors (Lipinski definition) is 6. The summed E-state index contributed by atoms with van der Waals surface area (Å²) in [5.74, 6) is 1.81. The molecule has 5 rings (SSSR count). The van der Waals surface area contributed by atoms with Gasteiger partial charge in [-0.25, -0.2) is 5.01 Å². The molecule has 162 valence electrons. The summed E-state index contributed by atoms with van der Waals surface area (Å²) < 4.78 is 17.0. The van der Waals surface area contributed by atoms with Gasteiger partial charge in [0.25, 0.3) is 6.23 Å². The lowest BCUT2D eigenvalue weighted by Crippen LogP contribution is -2.45. The molecule has 0 aliphatic carbocycles. The molecule has 0 radical (unpaired) electrons. The van der Waals surface area contributed by atoms with Crippen molar-refractivity contribution in [2.45, 2.75) is 18.7 Å². The van der Waals surface area contributed by atoms with Crippen LogP contribution in [-0.4, -0.2) is 37.0 Å². The Labute approximate surface area is 191 Å². The molecule has 0 amide bonds. The Balaban J connectivity index is 1.55. The topological polar surface area (TPSA) is 60.4 Å². The summed E-state index contributed by atoms with van der Waals surface area (Å²) in [6.07, 6.45) is -0.228. The molecular formula is C25H21ClN2O4. The molecule has 0 aromatic heterocycles. The molecule has 0 saturated heterocycles. The third kappa shape index (κ3) is 3.46. The van der Waals surface area contributed by atoms with E-state index in [0.29, 0.717) is 34.3 Å². The van der Waals surface area contributed by atoms with E-state index in [2.05, 4.69) is 0 Å². The smallest absolute Gasteiger partial charge is 0.251 e.